The van der Waals surface area contributed by atoms with Crippen molar-refractivity contribution in [3.63, 3.8) is 0 Å². The lowest BCUT2D eigenvalue weighted by Crippen LogP contribution is -2.16. The molecule has 19 heavy (non-hydrogen) atoms. The van der Waals surface area contributed by atoms with Crippen LogP contribution in [-0.4, -0.2) is 18.1 Å². The van der Waals surface area contributed by atoms with Gasteiger partial charge in [-0.2, -0.15) is 0 Å². The second-order valence-electron chi connectivity index (χ2n) is 4.83. The van der Waals surface area contributed by atoms with E-state index < -0.39 is 0 Å². The lowest BCUT2D eigenvalue weighted by atomic mass is 10.1. The number of ether oxygens (including phenoxy) is 1. The third kappa shape index (κ3) is 3.12. The Kier molecular flexibility index (Phi) is 3.75. The van der Waals surface area contributed by atoms with Gasteiger partial charge in [0.2, 0.25) is 0 Å². The van der Waals surface area contributed by atoms with Gasteiger partial charge in [-0.3, -0.25) is 4.98 Å². The highest BCUT2D eigenvalue weighted by Crippen LogP contribution is 2.25. The topological polar surface area (TPSA) is 34.2 Å². The Labute approximate surface area is 113 Å². The van der Waals surface area contributed by atoms with Crippen LogP contribution in [0.25, 0.3) is 0 Å². The van der Waals surface area contributed by atoms with Crippen LogP contribution in [0, 0.1) is 0 Å². The van der Waals surface area contributed by atoms with Crippen LogP contribution in [0.4, 0.5) is 0 Å². The van der Waals surface area contributed by atoms with Crippen molar-refractivity contribution < 1.29 is 4.74 Å². The minimum atomic E-state index is 0.827. The van der Waals surface area contributed by atoms with E-state index in [1.54, 1.807) is 0 Å². The van der Waals surface area contributed by atoms with E-state index in [2.05, 4.69) is 34.6 Å². The molecule has 0 fully saturated rings. The summed E-state index contributed by atoms with van der Waals surface area (Å²) < 4.78 is 5.51. The van der Waals surface area contributed by atoms with Crippen LogP contribution in [0.2, 0.25) is 0 Å². The molecule has 3 heteroatoms. The molecule has 0 atom stereocenters. The van der Waals surface area contributed by atoms with Gasteiger partial charge in [0.05, 0.1) is 6.61 Å². The normalized spacial score (nSPS) is 13.1. The summed E-state index contributed by atoms with van der Waals surface area (Å²) in [5.41, 5.74) is 3.94. The summed E-state index contributed by atoms with van der Waals surface area (Å²) in [5, 5.41) is 3.47. The third-order valence-electron chi connectivity index (χ3n) is 3.40. The number of fused-ring (bicyclic) bond motifs is 1. The van der Waals surface area contributed by atoms with E-state index in [0.717, 1.165) is 38.3 Å². The minimum absolute atomic E-state index is 0.827. The van der Waals surface area contributed by atoms with Gasteiger partial charge in [-0.1, -0.05) is 18.2 Å². The van der Waals surface area contributed by atoms with Crippen molar-refractivity contribution in [2.75, 3.05) is 13.2 Å². The average molecular weight is 254 g/mol. The molecule has 0 aliphatic carbocycles. The van der Waals surface area contributed by atoms with Gasteiger partial charge in [-0.25, -0.2) is 0 Å². The lowest BCUT2D eigenvalue weighted by Gasteiger charge is -2.06. The number of pyridine rings is 1. The molecule has 0 amide bonds. The first-order valence-corrected chi connectivity index (χ1v) is 6.76. The van der Waals surface area contributed by atoms with Crippen molar-refractivity contribution >= 4 is 0 Å². The van der Waals surface area contributed by atoms with Crippen molar-refractivity contribution in [3.05, 3.63) is 59.4 Å². The SMILES string of the molecule is c1cncc(CCNCc2ccc3c(c2)CCO3)c1. The van der Waals surface area contributed by atoms with Gasteiger partial charge in [0, 0.05) is 25.4 Å². The van der Waals surface area contributed by atoms with Gasteiger partial charge in [0.15, 0.2) is 0 Å². The number of hydrogen-bond donors (Lipinski definition) is 1. The molecular formula is C16H18N2O. The first-order chi connectivity index (χ1) is 9.42. The number of benzene rings is 1. The maximum Gasteiger partial charge on any atom is 0.122 e. The predicted molar refractivity (Wildman–Crippen MR) is 75.3 cm³/mol. The largest absolute Gasteiger partial charge is 0.493 e. The molecule has 0 spiro atoms. The monoisotopic (exact) mass is 254 g/mol. The Hall–Kier alpha value is -1.87. The van der Waals surface area contributed by atoms with Crippen LogP contribution in [-0.2, 0) is 19.4 Å². The molecule has 2 heterocycles. The van der Waals surface area contributed by atoms with Crippen molar-refractivity contribution in [1.29, 1.82) is 0 Å². The number of aromatic nitrogens is 1. The fourth-order valence-corrected chi connectivity index (χ4v) is 2.36. The molecule has 0 saturated heterocycles. The van der Waals surface area contributed by atoms with Crippen LogP contribution < -0.4 is 10.1 Å². The maximum atomic E-state index is 5.51. The van der Waals surface area contributed by atoms with Crippen LogP contribution in [0.5, 0.6) is 5.75 Å². The molecular weight excluding hydrogens is 236 g/mol. The Morgan fingerprint density at radius 2 is 2.21 bits per heavy atom. The number of rotatable bonds is 5. The van der Waals surface area contributed by atoms with E-state index >= 15 is 0 Å². The lowest BCUT2D eigenvalue weighted by molar-refractivity contribution is 0.357. The summed E-state index contributed by atoms with van der Waals surface area (Å²) in [6.07, 6.45) is 5.79. The Balaban J connectivity index is 1.48. The predicted octanol–water partition coefficient (Wildman–Crippen LogP) is 2.35. The molecule has 1 N–H and O–H groups in total. The molecule has 3 nitrogen and oxygen atoms in total. The molecule has 98 valence electrons. The highest BCUT2D eigenvalue weighted by molar-refractivity contribution is 5.39. The molecule has 1 aliphatic heterocycles. The van der Waals surface area contributed by atoms with Crippen LogP contribution >= 0.6 is 0 Å². The van der Waals surface area contributed by atoms with Crippen molar-refractivity contribution in [3.8, 4) is 5.75 Å². The van der Waals surface area contributed by atoms with Crippen molar-refractivity contribution in [2.24, 2.45) is 0 Å². The summed E-state index contributed by atoms with van der Waals surface area (Å²) in [7, 11) is 0. The molecule has 1 aromatic carbocycles. The number of nitrogens with one attached hydrogen (secondary N) is 1. The summed E-state index contributed by atoms with van der Waals surface area (Å²) in [6, 6.07) is 10.6. The highest BCUT2D eigenvalue weighted by Gasteiger charge is 2.11. The Bertz CT molecular complexity index is 540. The molecule has 0 unspecified atom stereocenters. The first kappa shape index (κ1) is 12.2. The van der Waals surface area contributed by atoms with Gasteiger partial charge in [0.1, 0.15) is 5.75 Å². The molecule has 1 aromatic heterocycles. The van der Waals surface area contributed by atoms with Crippen LogP contribution in [0.15, 0.2) is 42.7 Å². The van der Waals surface area contributed by atoms with E-state index in [0.29, 0.717) is 0 Å². The van der Waals surface area contributed by atoms with E-state index in [1.165, 1.54) is 16.7 Å². The standard InChI is InChI=1S/C16H18N2O/c1-2-13(11-17-7-1)5-8-18-12-14-3-4-16-15(10-14)6-9-19-16/h1-4,7,10-11,18H,5-6,8-9,12H2. The molecule has 0 saturated carbocycles. The smallest absolute Gasteiger partial charge is 0.122 e. The Morgan fingerprint density at radius 3 is 3.11 bits per heavy atom. The van der Waals surface area contributed by atoms with E-state index in [9.17, 15) is 0 Å². The summed E-state index contributed by atoms with van der Waals surface area (Å²) in [4.78, 5) is 4.12. The van der Waals surface area contributed by atoms with Gasteiger partial charge in [-0.05, 0) is 41.8 Å². The first-order valence-electron chi connectivity index (χ1n) is 6.76. The summed E-state index contributed by atoms with van der Waals surface area (Å²) >= 11 is 0. The van der Waals surface area contributed by atoms with Gasteiger partial charge in [-0.15, -0.1) is 0 Å². The maximum absolute atomic E-state index is 5.51. The summed E-state index contributed by atoms with van der Waals surface area (Å²) in [5.74, 6) is 1.05. The van der Waals surface area contributed by atoms with Gasteiger partial charge >= 0.3 is 0 Å². The van der Waals surface area contributed by atoms with Gasteiger partial charge < -0.3 is 10.1 Å². The van der Waals surface area contributed by atoms with Crippen molar-refractivity contribution in [1.82, 2.24) is 10.3 Å². The Morgan fingerprint density at radius 1 is 1.21 bits per heavy atom. The minimum Gasteiger partial charge on any atom is -0.493 e. The second kappa shape index (κ2) is 5.85. The average Bonchev–Trinajstić information content (AvgIpc) is 2.92. The highest BCUT2D eigenvalue weighted by atomic mass is 16.5. The molecule has 2 aromatic rings. The van der Waals surface area contributed by atoms with Crippen molar-refractivity contribution in [2.45, 2.75) is 19.4 Å². The second-order valence-corrected chi connectivity index (χ2v) is 4.83. The van der Waals surface area contributed by atoms with Crippen LogP contribution in [0.3, 0.4) is 0 Å². The fraction of sp³-hybridized carbons (Fsp3) is 0.312. The van der Waals surface area contributed by atoms with Crippen LogP contribution in [0.1, 0.15) is 16.7 Å². The zero-order chi connectivity index (χ0) is 12.9. The third-order valence-corrected chi connectivity index (χ3v) is 3.40. The number of nitrogens with zero attached hydrogens (tertiary/aromatic N) is 1. The fourth-order valence-electron chi connectivity index (χ4n) is 2.36. The zero-order valence-corrected chi connectivity index (χ0v) is 10.9. The van der Waals surface area contributed by atoms with E-state index in [4.69, 9.17) is 4.74 Å². The zero-order valence-electron chi connectivity index (χ0n) is 10.9. The summed E-state index contributed by atoms with van der Waals surface area (Å²) in [6.45, 7) is 2.71. The van der Waals surface area contributed by atoms with Gasteiger partial charge in [0.25, 0.3) is 0 Å². The molecule has 3 rings (SSSR count). The molecule has 0 radical (unpaired) electrons. The van der Waals surface area contributed by atoms with E-state index in [1.807, 2.05) is 18.5 Å². The number of hydrogen-bond acceptors (Lipinski definition) is 3. The van der Waals surface area contributed by atoms with E-state index in [-0.39, 0.29) is 0 Å². The quantitative estimate of drug-likeness (QED) is 0.832. The molecule has 1 aliphatic rings. The molecule has 0 bridgehead atoms.